The van der Waals surface area contributed by atoms with E-state index in [-0.39, 0.29) is 42.2 Å². The molecular formula is C27H27ClFN3O4. The van der Waals surface area contributed by atoms with Crippen LogP contribution < -0.4 is 5.73 Å². The molecule has 2 aromatic carbocycles. The van der Waals surface area contributed by atoms with Crippen molar-refractivity contribution in [1.29, 1.82) is 0 Å². The number of nitrogens with two attached hydrogens (primary N) is 1. The number of para-hydroxylation sites is 1. The highest BCUT2D eigenvalue weighted by Crippen LogP contribution is 2.49. The van der Waals surface area contributed by atoms with Gasteiger partial charge in [-0.15, -0.1) is 0 Å². The zero-order valence-corrected chi connectivity index (χ0v) is 20.6. The molecule has 1 aliphatic carbocycles. The Kier molecular flexibility index (Phi) is 6.57. The molecule has 2 heterocycles. The molecular weight excluding hydrogens is 485 g/mol. The van der Waals surface area contributed by atoms with Gasteiger partial charge in [0.1, 0.15) is 5.82 Å². The second-order valence-corrected chi connectivity index (χ2v) is 10.0. The van der Waals surface area contributed by atoms with Crippen LogP contribution in [0.4, 0.5) is 9.18 Å². The van der Waals surface area contributed by atoms with Crippen LogP contribution in [0.2, 0.25) is 5.02 Å². The van der Waals surface area contributed by atoms with Crippen LogP contribution in [0.3, 0.4) is 0 Å². The average Bonchev–Trinajstić information content (AvgIpc) is 3.35. The van der Waals surface area contributed by atoms with Crippen molar-refractivity contribution in [3.05, 3.63) is 70.6 Å². The van der Waals surface area contributed by atoms with Crippen LogP contribution in [-0.2, 0) is 20.7 Å². The summed E-state index contributed by atoms with van der Waals surface area (Å²) in [6.45, 7) is 0.156. The molecule has 0 spiro atoms. The third kappa shape index (κ3) is 4.40. The summed E-state index contributed by atoms with van der Waals surface area (Å²) in [5, 5.41) is 0.769. The van der Waals surface area contributed by atoms with Crippen LogP contribution in [0.15, 0.2) is 48.7 Å². The Morgan fingerprint density at radius 2 is 1.94 bits per heavy atom. The van der Waals surface area contributed by atoms with Gasteiger partial charge in [0.15, 0.2) is 5.78 Å². The van der Waals surface area contributed by atoms with Crippen LogP contribution in [-0.4, -0.2) is 53.0 Å². The molecule has 7 nitrogen and oxygen atoms in total. The number of halogens is 2. The van der Waals surface area contributed by atoms with E-state index in [1.165, 1.54) is 17.7 Å². The number of amides is 2. The number of ketones is 1. The van der Waals surface area contributed by atoms with Gasteiger partial charge >= 0.3 is 6.03 Å². The van der Waals surface area contributed by atoms with Crippen molar-refractivity contribution < 1.29 is 23.5 Å². The maximum absolute atomic E-state index is 14.7. The quantitative estimate of drug-likeness (QED) is 0.488. The van der Waals surface area contributed by atoms with Gasteiger partial charge in [0.05, 0.1) is 29.6 Å². The number of likely N-dealkylation sites (tertiary alicyclic amines) is 1. The van der Waals surface area contributed by atoms with E-state index in [4.69, 9.17) is 22.1 Å². The molecule has 0 unspecified atom stereocenters. The minimum absolute atomic E-state index is 0.00454. The first-order valence-corrected chi connectivity index (χ1v) is 12.3. The molecule has 36 heavy (non-hydrogen) atoms. The molecule has 1 aromatic heterocycles. The van der Waals surface area contributed by atoms with Crippen molar-refractivity contribution in [2.24, 2.45) is 11.7 Å². The van der Waals surface area contributed by atoms with Crippen LogP contribution >= 0.6 is 11.6 Å². The number of primary amides is 1. The molecule has 2 N–H and O–H groups in total. The summed E-state index contributed by atoms with van der Waals surface area (Å²) in [6, 6.07) is 10.8. The van der Waals surface area contributed by atoms with Gasteiger partial charge in [-0.25, -0.2) is 9.18 Å². The Morgan fingerprint density at radius 1 is 1.17 bits per heavy atom. The zero-order chi connectivity index (χ0) is 25.6. The molecule has 0 bridgehead atoms. The Morgan fingerprint density at radius 3 is 2.69 bits per heavy atom. The van der Waals surface area contributed by atoms with Gasteiger partial charge in [0.25, 0.3) is 0 Å². The first-order chi connectivity index (χ1) is 17.3. The number of methoxy groups -OCH3 is 1. The number of carbonyl (C=O) groups excluding carboxylic acids is 3. The van der Waals surface area contributed by atoms with E-state index in [0.717, 1.165) is 11.8 Å². The van der Waals surface area contributed by atoms with E-state index < -0.39 is 23.8 Å². The molecule has 9 heteroatoms. The van der Waals surface area contributed by atoms with Crippen molar-refractivity contribution in [2.45, 2.75) is 43.7 Å². The molecule has 188 valence electrons. The largest absolute Gasteiger partial charge is 0.384 e. The Balaban J connectivity index is 1.37. The lowest BCUT2D eigenvalue weighted by atomic mass is 9.90. The summed E-state index contributed by atoms with van der Waals surface area (Å²) >= 11 is 5.97. The standard InChI is InChI=1S/C27H27ClFN3O4/c1-36-14-17(19-6-4-7-20(28)26(19)29)11-24(33)23-10-15-9-22(15)32(23)25(34)12-16-13-31(27(30)35)21-8-3-2-5-18(16)21/h2-8,13,15,17,22-23H,9-12,14H2,1H3,(H2,30,35)/t15-,17-,22-,23+/m1/s1. The van der Waals surface area contributed by atoms with Crippen LogP contribution in [0.5, 0.6) is 0 Å². The molecule has 0 radical (unpaired) electrons. The minimum Gasteiger partial charge on any atom is -0.384 e. The number of nitrogens with zero attached hydrogens (tertiary/aromatic N) is 2. The molecule has 4 atom stereocenters. The number of rotatable bonds is 8. The Bertz CT molecular complexity index is 1360. The van der Waals surface area contributed by atoms with Gasteiger partial charge in [-0.2, -0.15) is 0 Å². The SMILES string of the molecule is COC[C@@H](CC(=O)[C@@H]1C[C@H]2C[C@H]2N1C(=O)Cc1cn(C(N)=O)c2ccccc12)c1cccc(Cl)c1F. The maximum Gasteiger partial charge on any atom is 0.323 e. The predicted octanol–water partition coefficient (Wildman–Crippen LogP) is 4.28. The maximum atomic E-state index is 14.7. The second-order valence-electron chi connectivity index (χ2n) is 9.64. The zero-order valence-electron chi connectivity index (χ0n) is 19.8. The van der Waals surface area contributed by atoms with E-state index in [1.807, 2.05) is 12.1 Å². The van der Waals surface area contributed by atoms with Crippen molar-refractivity contribution in [2.75, 3.05) is 13.7 Å². The molecule has 2 amide bonds. The summed E-state index contributed by atoms with van der Waals surface area (Å²) < 4.78 is 21.3. The van der Waals surface area contributed by atoms with Gasteiger partial charge in [-0.1, -0.05) is 41.9 Å². The molecule has 5 rings (SSSR count). The first kappa shape index (κ1) is 24.5. The topological polar surface area (TPSA) is 94.6 Å². The van der Waals surface area contributed by atoms with E-state index in [0.29, 0.717) is 29.0 Å². The Hall–Kier alpha value is -3.23. The minimum atomic E-state index is -0.626. The lowest BCUT2D eigenvalue weighted by Crippen LogP contribution is -2.44. The highest BCUT2D eigenvalue weighted by atomic mass is 35.5. The molecule has 2 aliphatic rings. The van der Waals surface area contributed by atoms with Gasteiger partial charge in [-0.3, -0.25) is 14.2 Å². The monoisotopic (exact) mass is 511 g/mol. The third-order valence-electron chi connectivity index (χ3n) is 7.37. The van der Waals surface area contributed by atoms with Gasteiger partial charge < -0.3 is 15.4 Å². The number of hydrogen-bond acceptors (Lipinski definition) is 4. The van der Waals surface area contributed by atoms with Crippen molar-refractivity contribution >= 4 is 40.2 Å². The van der Waals surface area contributed by atoms with Crippen LogP contribution in [0.1, 0.15) is 36.3 Å². The molecule has 1 aliphatic heterocycles. The number of fused-ring (bicyclic) bond motifs is 2. The number of benzene rings is 2. The van der Waals surface area contributed by atoms with E-state index in [2.05, 4.69) is 0 Å². The number of Topliss-reactive ketones (excluding diaryl/α,β-unsaturated/α-hetero) is 1. The summed E-state index contributed by atoms with van der Waals surface area (Å²) in [4.78, 5) is 40.6. The van der Waals surface area contributed by atoms with Gasteiger partial charge in [-0.05, 0) is 42.0 Å². The summed E-state index contributed by atoms with van der Waals surface area (Å²) in [6.07, 6.45) is 3.18. The molecule has 1 saturated heterocycles. The number of piperidine rings is 1. The fourth-order valence-corrected chi connectivity index (χ4v) is 5.79. The number of ether oxygens (including phenoxy) is 1. The van der Waals surface area contributed by atoms with Gasteiger partial charge in [0.2, 0.25) is 5.91 Å². The summed E-state index contributed by atoms with van der Waals surface area (Å²) in [7, 11) is 1.50. The van der Waals surface area contributed by atoms with Crippen LogP contribution in [0.25, 0.3) is 10.9 Å². The smallest absolute Gasteiger partial charge is 0.323 e. The third-order valence-corrected chi connectivity index (χ3v) is 7.67. The first-order valence-electron chi connectivity index (χ1n) is 12.0. The average molecular weight is 512 g/mol. The molecule has 2 fully saturated rings. The normalized spacial score (nSPS) is 21.4. The van der Waals surface area contributed by atoms with Crippen molar-refractivity contribution in [3.63, 3.8) is 0 Å². The molecule has 1 saturated carbocycles. The van der Waals surface area contributed by atoms with Crippen molar-refractivity contribution in [3.8, 4) is 0 Å². The lowest BCUT2D eigenvalue weighted by Gasteiger charge is -2.28. The van der Waals surface area contributed by atoms with E-state index >= 15 is 0 Å². The van der Waals surface area contributed by atoms with Gasteiger partial charge in [0, 0.05) is 37.1 Å². The van der Waals surface area contributed by atoms with E-state index in [9.17, 15) is 18.8 Å². The number of hydrogen-bond donors (Lipinski definition) is 1. The fourth-order valence-electron chi connectivity index (χ4n) is 5.60. The highest BCUT2D eigenvalue weighted by molar-refractivity contribution is 6.30. The van der Waals surface area contributed by atoms with E-state index in [1.54, 1.807) is 35.4 Å². The highest BCUT2D eigenvalue weighted by Gasteiger charge is 2.55. The predicted molar refractivity (Wildman–Crippen MR) is 133 cm³/mol. The number of carbonyl (C=O) groups is 3. The lowest BCUT2D eigenvalue weighted by molar-refractivity contribution is -0.138. The molecule has 3 aromatic rings. The fraction of sp³-hybridized carbons (Fsp3) is 0.370. The second kappa shape index (κ2) is 9.67. The van der Waals surface area contributed by atoms with Crippen LogP contribution in [0, 0.1) is 11.7 Å². The summed E-state index contributed by atoms with van der Waals surface area (Å²) in [5.41, 5.74) is 7.17. The van der Waals surface area contributed by atoms with Crippen molar-refractivity contribution in [1.82, 2.24) is 9.47 Å². The number of aromatic nitrogens is 1. The summed E-state index contributed by atoms with van der Waals surface area (Å²) in [5.74, 6) is -1.04. The Labute approximate surface area is 212 Å².